The van der Waals surface area contributed by atoms with Gasteiger partial charge in [-0.25, -0.2) is 0 Å². The van der Waals surface area contributed by atoms with E-state index in [0.29, 0.717) is 19.4 Å². The summed E-state index contributed by atoms with van der Waals surface area (Å²) in [5, 5.41) is 23.0. The molecule has 350 valence electrons. The number of hydrogen-bond donors (Lipinski definition) is 3. The molecule has 0 aliphatic rings. The van der Waals surface area contributed by atoms with Crippen LogP contribution in [0.1, 0.15) is 258 Å². The third-order valence-corrected chi connectivity index (χ3v) is 11.6. The van der Waals surface area contributed by atoms with Crippen LogP contribution in [0.25, 0.3) is 0 Å². The molecule has 60 heavy (non-hydrogen) atoms. The first-order valence-electron chi connectivity index (χ1n) is 25.9. The van der Waals surface area contributed by atoms with E-state index in [2.05, 4.69) is 55.6 Å². The van der Waals surface area contributed by atoms with Gasteiger partial charge in [0.2, 0.25) is 5.91 Å². The summed E-state index contributed by atoms with van der Waals surface area (Å²) < 4.78 is 5.44. The lowest BCUT2D eigenvalue weighted by atomic mass is 10.0. The van der Waals surface area contributed by atoms with Crippen LogP contribution in [0.5, 0.6) is 0 Å². The molecule has 0 saturated carbocycles. The van der Waals surface area contributed by atoms with Gasteiger partial charge in [0.05, 0.1) is 25.4 Å². The van der Waals surface area contributed by atoms with Crippen LogP contribution in [0.15, 0.2) is 48.6 Å². The normalized spacial score (nSPS) is 13.1. The summed E-state index contributed by atoms with van der Waals surface area (Å²) in [4.78, 5) is 24.5. The van der Waals surface area contributed by atoms with Gasteiger partial charge in [-0.15, -0.1) is 0 Å². The maximum absolute atomic E-state index is 12.4. The molecule has 3 N–H and O–H groups in total. The van der Waals surface area contributed by atoms with Gasteiger partial charge in [0.15, 0.2) is 0 Å². The van der Waals surface area contributed by atoms with E-state index in [9.17, 15) is 19.8 Å². The molecule has 0 aliphatic carbocycles. The second-order valence-electron chi connectivity index (χ2n) is 17.5. The SMILES string of the molecule is CCCCC/C=C\C/C=C\CCCCCCCCCCCC(=O)OCCCC/C=C\CCCCCCCC(=O)NC(CO)C(O)/C=C/CCCCCCCCCCCCC. The van der Waals surface area contributed by atoms with Crippen molar-refractivity contribution < 1.29 is 24.5 Å². The van der Waals surface area contributed by atoms with Gasteiger partial charge in [-0.2, -0.15) is 0 Å². The maximum Gasteiger partial charge on any atom is 0.305 e. The van der Waals surface area contributed by atoms with Gasteiger partial charge in [-0.3, -0.25) is 9.59 Å². The quantitative estimate of drug-likeness (QED) is 0.0322. The molecule has 0 bridgehead atoms. The van der Waals surface area contributed by atoms with E-state index in [1.807, 2.05) is 6.08 Å². The average Bonchev–Trinajstić information content (AvgIpc) is 3.25. The molecule has 0 heterocycles. The molecule has 0 aliphatic heterocycles. The zero-order valence-corrected chi connectivity index (χ0v) is 39.7. The van der Waals surface area contributed by atoms with E-state index >= 15 is 0 Å². The Bertz CT molecular complexity index is 1020. The molecular weight excluding hydrogens is 743 g/mol. The molecule has 0 rings (SSSR count). The Hall–Kier alpha value is -2.18. The third-order valence-electron chi connectivity index (χ3n) is 11.6. The molecule has 0 aromatic rings. The monoisotopic (exact) mass is 842 g/mol. The van der Waals surface area contributed by atoms with Gasteiger partial charge in [0.1, 0.15) is 0 Å². The highest BCUT2D eigenvalue weighted by Crippen LogP contribution is 2.15. The summed E-state index contributed by atoms with van der Waals surface area (Å²) in [5.74, 6) is -0.137. The number of esters is 1. The fraction of sp³-hybridized carbons (Fsp3) is 0.815. The second kappa shape index (κ2) is 49.5. The van der Waals surface area contributed by atoms with Gasteiger partial charge < -0.3 is 20.3 Å². The number of carbonyl (C=O) groups excluding carboxylic acids is 2. The molecular formula is C54H99NO5. The van der Waals surface area contributed by atoms with Crippen LogP contribution in [0.4, 0.5) is 0 Å². The summed E-state index contributed by atoms with van der Waals surface area (Å²) in [6, 6.07) is -0.649. The number of ether oxygens (including phenoxy) is 1. The number of allylic oxidation sites excluding steroid dienone is 7. The lowest BCUT2D eigenvalue weighted by molar-refractivity contribution is -0.143. The minimum Gasteiger partial charge on any atom is -0.466 e. The van der Waals surface area contributed by atoms with Gasteiger partial charge in [0.25, 0.3) is 0 Å². The van der Waals surface area contributed by atoms with Crippen molar-refractivity contribution in [2.24, 2.45) is 0 Å². The molecule has 6 heteroatoms. The number of unbranched alkanes of at least 4 members (excludes halogenated alkanes) is 30. The van der Waals surface area contributed by atoms with Crippen molar-refractivity contribution in [1.29, 1.82) is 0 Å². The Morgan fingerprint density at radius 2 is 0.833 bits per heavy atom. The molecule has 0 radical (unpaired) electrons. The Morgan fingerprint density at radius 1 is 0.467 bits per heavy atom. The third kappa shape index (κ3) is 45.3. The number of hydrogen-bond acceptors (Lipinski definition) is 5. The lowest BCUT2D eigenvalue weighted by Crippen LogP contribution is -2.45. The summed E-state index contributed by atoms with van der Waals surface area (Å²) >= 11 is 0. The molecule has 1 amide bonds. The van der Waals surface area contributed by atoms with Gasteiger partial charge in [0, 0.05) is 12.8 Å². The first-order chi connectivity index (χ1) is 29.5. The van der Waals surface area contributed by atoms with E-state index in [1.54, 1.807) is 6.08 Å². The highest BCUT2D eigenvalue weighted by molar-refractivity contribution is 5.76. The standard InChI is InChI=1S/C54H99NO5/c1-3-5-7-9-11-13-15-17-18-19-20-21-22-24-28-32-36-40-44-48-54(59)60-49-45-41-37-33-29-25-27-31-35-39-43-47-53(58)55-51(50-56)52(57)46-42-38-34-30-26-23-16-14-12-10-8-6-4-2/h11,13,17-18,29,33,42,46,51-52,56-57H,3-10,12,14-16,19-28,30-32,34-41,43-45,47-50H2,1-2H3,(H,55,58)/b13-11-,18-17-,33-29-,46-42+. The molecule has 0 spiro atoms. The van der Waals surface area contributed by atoms with E-state index in [-0.39, 0.29) is 18.5 Å². The number of carbonyl (C=O) groups is 2. The lowest BCUT2D eigenvalue weighted by Gasteiger charge is -2.20. The number of aliphatic hydroxyl groups is 2. The number of rotatable bonds is 47. The summed E-state index contributed by atoms with van der Waals surface area (Å²) in [5.41, 5.74) is 0. The van der Waals surface area contributed by atoms with Crippen molar-refractivity contribution in [3.05, 3.63) is 48.6 Å². The zero-order chi connectivity index (χ0) is 43.7. The number of nitrogens with one attached hydrogen (secondary N) is 1. The number of aliphatic hydroxyl groups excluding tert-OH is 2. The average molecular weight is 842 g/mol. The second-order valence-corrected chi connectivity index (χ2v) is 17.5. The predicted molar refractivity (Wildman–Crippen MR) is 259 cm³/mol. The van der Waals surface area contributed by atoms with Crippen molar-refractivity contribution >= 4 is 11.9 Å². The maximum atomic E-state index is 12.4. The van der Waals surface area contributed by atoms with E-state index in [0.717, 1.165) is 89.9 Å². The smallest absolute Gasteiger partial charge is 0.305 e. The van der Waals surface area contributed by atoms with Crippen LogP contribution in [-0.2, 0) is 14.3 Å². The van der Waals surface area contributed by atoms with Crippen LogP contribution < -0.4 is 5.32 Å². The van der Waals surface area contributed by atoms with Crippen molar-refractivity contribution in [2.75, 3.05) is 13.2 Å². The Labute approximate surface area is 372 Å². The van der Waals surface area contributed by atoms with Crippen molar-refractivity contribution in [3.8, 4) is 0 Å². The van der Waals surface area contributed by atoms with Crippen LogP contribution in [0.3, 0.4) is 0 Å². The van der Waals surface area contributed by atoms with Crippen LogP contribution >= 0.6 is 0 Å². The highest BCUT2D eigenvalue weighted by atomic mass is 16.5. The molecule has 0 fully saturated rings. The Morgan fingerprint density at radius 3 is 1.32 bits per heavy atom. The molecule has 6 nitrogen and oxygen atoms in total. The van der Waals surface area contributed by atoms with E-state index in [1.165, 1.54) is 141 Å². The molecule has 2 unspecified atom stereocenters. The molecule has 0 aromatic carbocycles. The Balaban J connectivity index is 3.54. The van der Waals surface area contributed by atoms with Crippen molar-refractivity contribution in [3.63, 3.8) is 0 Å². The number of amides is 1. The molecule has 0 aromatic heterocycles. The molecule has 2 atom stereocenters. The van der Waals surface area contributed by atoms with Crippen molar-refractivity contribution in [2.45, 2.75) is 270 Å². The van der Waals surface area contributed by atoms with Gasteiger partial charge in [-0.05, 0) is 89.9 Å². The topological polar surface area (TPSA) is 95.9 Å². The largest absolute Gasteiger partial charge is 0.466 e. The van der Waals surface area contributed by atoms with Crippen LogP contribution in [0, 0.1) is 0 Å². The highest BCUT2D eigenvalue weighted by Gasteiger charge is 2.18. The first-order valence-corrected chi connectivity index (χ1v) is 25.9. The zero-order valence-electron chi connectivity index (χ0n) is 39.7. The van der Waals surface area contributed by atoms with Crippen LogP contribution in [0.2, 0.25) is 0 Å². The predicted octanol–water partition coefficient (Wildman–Crippen LogP) is 15.5. The summed E-state index contributed by atoms with van der Waals surface area (Å²) in [6.45, 7) is 4.78. The van der Waals surface area contributed by atoms with E-state index in [4.69, 9.17) is 4.74 Å². The first kappa shape index (κ1) is 57.8. The minimum absolute atomic E-state index is 0.0378. The molecule has 0 saturated heterocycles. The van der Waals surface area contributed by atoms with Crippen molar-refractivity contribution in [1.82, 2.24) is 5.32 Å². The summed E-state index contributed by atoms with van der Waals surface area (Å²) in [7, 11) is 0. The van der Waals surface area contributed by atoms with Gasteiger partial charge >= 0.3 is 5.97 Å². The fourth-order valence-corrected chi connectivity index (χ4v) is 7.54. The fourth-order valence-electron chi connectivity index (χ4n) is 7.54. The minimum atomic E-state index is -0.863. The summed E-state index contributed by atoms with van der Waals surface area (Å²) in [6.07, 6.45) is 61.1. The van der Waals surface area contributed by atoms with Gasteiger partial charge in [-0.1, -0.05) is 204 Å². The Kier molecular flexibility index (Phi) is 47.7. The van der Waals surface area contributed by atoms with Crippen LogP contribution in [-0.4, -0.2) is 47.4 Å². The van der Waals surface area contributed by atoms with E-state index < -0.39 is 12.1 Å².